The van der Waals surface area contributed by atoms with Crippen molar-refractivity contribution >= 4 is 35.3 Å². The summed E-state index contributed by atoms with van der Waals surface area (Å²) in [5.74, 6) is 1.51. The third-order valence-electron chi connectivity index (χ3n) is 6.54. The van der Waals surface area contributed by atoms with Gasteiger partial charge in [0.05, 0.1) is 18.2 Å². The average molecular weight is 405 g/mol. The highest BCUT2D eigenvalue weighted by Gasteiger charge is 2.41. The van der Waals surface area contributed by atoms with Crippen LogP contribution in [-0.4, -0.2) is 41.7 Å². The van der Waals surface area contributed by atoms with E-state index in [9.17, 15) is 4.79 Å². The van der Waals surface area contributed by atoms with Crippen molar-refractivity contribution in [3.05, 3.63) is 35.5 Å². The molecule has 1 aliphatic carbocycles. The van der Waals surface area contributed by atoms with Crippen LogP contribution in [0.1, 0.15) is 50.7 Å². The number of anilines is 4. The van der Waals surface area contributed by atoms with Crippen molar-refractivity contribution in [3.8, 4) is 0 Å². The Balaban J connectivity index is 1.55. The maximum absolute atomic E-state index is 13.1. The summed E-state index contributed by atoms with van der Waals surface area (Å²) in [5, 5.41) is 3.40. The molecule has 1 fully saturated rings. The molecule has 0 bridgehead atoms. The molecule has 1 saturated carbocycles. The van der Waals surface area contributed by atoms with Crippen LogP contribution in [0.4, 0.5) is 23.1 Å². The minimum atomic E-state index is -0.483. The van der Waals surface area contributed by atoms with Crippen LogP contribution in [0, 0.1) is 5.41 Å². The summed E-state index contributed by atoms with van der Waals surface area (Å²) in [6.07, 6.45) is 8.43. The molecular weight excluding hydrogens is 376 g/mol. The molecule has 2 aromatic rings. The lowest BCUT2D eigenvalue weighted by Crippen LogP contribution is -2.45. The molecule has 0 radical (unpaired) electrons. The molecule has 1 N–H and O–H groups in total. The van der Waals surface area contributed by atoms with Gasteiger partial charge < -0.3 is 15.1 Å². The molecule has 7 nitrogen and oxygen atoms in total. The van der Waals surface area contributed by atoms with Crippen molar-refractivity contribution in [1.29, 1.82) is 0 Å². The molecule has 5 rings (SSSR count). The van der Waals surface area contributed by atoms with Crippen molar-refractivity contribution < 1.29 is 4.79 Å². The van der Waals surface area contributed by atoms with E-state index in [0.29, 0.717) is 25.1 Å². The van der Waals surface area contributed by atoms with E-state index in [1.165, 1.54) is 12.8 Å². The van der Waals surface area contributed by atoms with E-state index in [4.69, 9.17) is 4.98 Å². The Kier molecular flexibility index (Phi) is 4.49. The molecule has 1 aromatic heterocycles. The summed E-state index contributed by atoms with van der Waals surface area (Å²) in [6, 6.07) is 6.54. The van der Waals surface area contributed by atoms with Crippen LogP contribution in [0.5, 0.6) is 0 Å². The standard InChI is InChI=1S/C23H28N6O/c1-23(2)14-29(16-8-4-5-9-16)20-19(28(3)21(23)30)13-25-22(27-20)26-18-10-6-7-15-11-24-12-17(15)18/h6-7,10-11,13,16H,4-5,8-9,12,14H2,1-3H3,(H,25,26,27). The SMILES string of the molecule is CN1C(=O)C(C)(C)CN(C2CCCC2)c2nc(Nc3cccc4c3CN=C4)ncc21. The van der Waals surface area contributed by atoms with Gasteiger partial charge in [-0.25, -0.2) is 4.98 Å². The summed E-state index contributed by atoms with van der Waals surface area (Å²) in [7, 11) is 1.83. The minimum absolute atomic E-state index is 0.103. The van der Waals surface area contributed by atoms with Crippen molar-refractivity contribution in [2.45, 2.75) is 52.1 Å². The first-order valence-electron chi connectivity index (χ1n) is 10.7. The van der Waals surface area contributed by atoms with Gasteiger partial charge in [-0.3, -0.25) is 9.79 Å². The Morgan fingerprint density at radius 3 is 2.80 bits per heavy atom. The number of hydrogen-bond acceptors (Lipinski definition) is 6. The Morgan fingerprint density at radius 1 is 1.20 bits per heavy atom. The Bertz CT molecular complexity index is 1020. The number of nitrogens with zero attached hydrogens (tertiary/aromatic N) is 5. The second-order valence-corrected chi connectivity index (χ2v) is 9.18. The van der Waals surface area contributed by atoms with E-state index in [2.05, 4.69) is 26.3 Å². The molecular formula is C23H28N6O. The number of hydrogen-bond donors (Lipinski definition) is 1. The van der Waals surface area contributed by atoms with Gasteiger partial charge in [0, 0.05) is 37.1 Å². The van der Waals surface area contributed by atoms with Gasteiger partial charge in [-0.2, -0.15) is 4.98 Å². The van der Waals surface area contributed by atoms with Crippen molar-refractivity contribution in [3.63, 3.8) is 0 Å². The number of aliphatic imine (C=N–C) groups is 1. The van der Waals surface area contributed by atoms with E-state index < -0.39 is 5.41 Å². The van der Waals surface area contributed by atoms with Crippen LogP contribution >= 0.6 is 0 Å². The molecule has 2 aliphatic heterocycles. The summed E-state index contributed by atoms with van der Waals surface area (Å²) >= 11 is 0. The van der Waals surface area contributed by atoms with Crippen LogP contribution in [0.25, 0.3) is 0 Å². The van der Waals surface area contributed by atoms with Gasteiger partial charge in [0.15, 0.2) is 5.82 Å². The van der Waals surface area contributed by atoms with Crippen LogP contribution in [-0.2, 0) is 11.3 Å². The smallest absolute Gasteiger partial charge is 0.234 e. The summed E-state index contributed by atoms with van der Waals surface area (Å²) in [5.41, 5.74) is 3.58. The number of carbonyl (C=O) groups excluding carboxylic acids is 1. The topological polar surface area (TPSA) is 73.7 Å². The van der Waals surface area contributed by atoms with Crippen LogP contribution in [0.15, 0.2) is 29.4 Å². The van der Waals surface area contributed by atoms with Crippen molar-refractivity contribution in [2.75, 3.05) is 28.7 Å². The van der Waals surface area contributed by atoms with E-state index in [0.717, 1.165) is 41.2 Å². The fraction of sp³-hybridized carbons (Fsp3) is 0.478. The third-order valence-corrected chi connectivity index (χ3v) is 6.54. The highest BCUT2D eigenvalue weighted by Crippen LogP contribution is 2.40. The minimum Gasteiger partial charge on any atom is -0.351 e. The normalized spacial score (nSPS) is 20.3. The molecule has 30 heavy (non-hydrogen) atoms. The summed E-state index contributed by atoms with van der Waals surface area (Å²) < 4.78 is 0. The number of benzene rings is 1. The van der Waals surface area contributed by atoms with Gasteiger partial charge in [-0.15, -0.1) is 0 Å². The zero-order valence-corrected chi connectivity index (χ0v) is 17.9. The van der Waals surface area contributed by atoms with Crippen molar-refractivity contribution in [1.82, 2.24) is 9.97 Å². The predicted octanol–water partition coefficient (Wildman–Crippen LogP) is 3.90. The molecule has 0 atom stereocenters. The molecule has 3 heterocycles. The van der Waals surface area contributed by atoms with Gasteiger partial charge in [-0.05, 0) is 38.3 Å². The molecule has 1 aromatic carbocycles. The molecule has 3 aliphatic rings. The first kappa shape index (κ1) is 19.0. The summed E-state index contributed by atoms with van der Waals surface area (Å²) in [4.78, 5) is 31.1. The van der Waals surface area contributed by atoms with E-state index in [1.807, 2.05) is 39.2 Å². The lowest BCUT2D eigenvalue weighted by Gasteiger charge is -2.34. The third kappa shape index (κ3) is 3.13. The number of amides is 1. The van der Waals surface area contributed by atoms with Crippen molar-refractivity contribution in [2.24, 2.45) is 10.4 Å². The van der Waals surface area contributed by atoms with Crippen LogP contribution in [0.3, 0.4) is 0 Å². The van der Waals surface area contributed by atoms with E-state index >= 15 is 0 Å². The fourth-order valence-electron chi connectivity index (χ4n) is 4.90. The summed E-state index contributed by atoms with van der Waals surface area (Å²) in [6.45, 7) is 5.39. The predicted molar refractivity (Wildman–Crippen MR) is 120 cm³/mol. The van der Waals surface area contributed by atoms with E-state index in [1.54, 1.807) is 11.1 Å². The zero-order valence-electron chi connectivity index (χ0n) is 17.9. The molecule has 0 saturated heterocycles. The first-order chi connectivity index (χ1) is 14.4. The van der Waals surface area contributed by atoms with Crippen LogP contribution in [0.2, 0.25) is 0 Å². The molecule has 156 valence electrons. The Labute approximate surface area is 177 Å². The maximum Gasteiger partial charge on any atom is 0.234 e. The number of carbonyl (C=O) groups is 1. The fourth-order valence-corrected chi connectivity index (χ4v) is 4.90. The Morgan fingerprint density at radius 2 is 2.00 bits per heavy atom. The molecule has 0 unspecified atom stereocenters. The second kappa shape index (κ2) is 7.07. The highest BCUT2D eigenvalue weighted by atomic mass is 16.2. The van der Waals surface area contributed by atoms with Gasteiger partial charge in [0.25, 0.3) is 0 Å². The zero-order chi connectivity index (χ0) is 20.9. The Hall–Kier alpha value is -2.96. The average Bonchev–Trinajstić information content (AvgIpc) is 3.42. The lowest BCUT2D eigenvalue weighted by atomic mass is 9.91. The second-order valence-electron chi connectivity index (χ2n) is 9.18. The molecule has 7 heteroatoms. The van der Waals surface area contributed by atoms with Gasteiger partial charge in [0.1, 0.15) is 5.69 Å². The monoisotopic (exact) mass is 404 g/mol. The first-order valence-corrected chi connectivity index (χ1v) is 10.7. The quantitative estimate of drug-likeness (QED) is 0.840. The van der Waals surface area contributed by atoms with Gasteiger partial charge in [0.2, 0.25) is 11.9 Å². The largest absolute Gasteiger partial charge is 0.351 e. The highest BCUT2D eigenvalue weighted by molar-refractivity contribution is 6.00. The lowest BCUT2D eigenvalue weighted by molar-refractivity contribution is -0.125. The number of aromatic nitrogens is 2. The van der Waals surface area contributed by atoms with E-state index in [-0.39, 0.29) is 5.91 Å². The van der Waals surface area contributed by atoms with Gasteiger partial charge >= 0.3 is 0 Å². The number of nitrogens with one attached hydrogen (secondary N) is 1. The maximum atomic E-state index is 13.1. The van der Waals surface area contributed by atoms with Gasteiger partial charge in [-0.1, -0.05) is 25.0 Å². The van der Waals surface area contributed by atoms with Crippen LogP contribution < -0.4 is 15.1 Å². The molecule has 1 amide bonds. The number of rotatable bonds is 3. The molecule has 0 spiro atoms. The number of fused-ring (bicyclic) bond motifs is 2.